The molecule has 1 heterocycles. The molecular weight excluding hydrogens is 238 g/mol. The van der Waals surface area contributed by atoms with Gasteiger partial charge in [0, 0.05) is 18.3 Å². The van der Waals surface area contributed by atoms with E-state index in [-0.39, 0.29) is 11.9 Å². The predicted octanol–water partition coefficient (Wildman–Crippen LogP) is 1.22. The van der Waals surface area contributed by atoms with E-state index >= 15 is 0 Å². The highest BCUT2D eigenvalue weighted by atomic mass is 16.2. The lowest BCUT2D eigenvalue weighted by Crippen LogP contribution is -2.55. The number of hydrogen-bond acceptors (Lipinski definition) is 3. The summed E-state index contributed by atoms with van der Waals surface area (Å²) >= 11 is 0. The maximum Gasteiger partial charge on any atom is 0.239 e. The van der Waals surface area contributed by atoms with Crippen LogP contribution in [0.2, 0.25) is 0 Å². The van der Waals surface area contributed by atoms with E-state index in [0.29, 0.717) is 6.54 Å². The van der Waals surface area contributed by atoms with Gasteiger partial charge in [-0.25, -0.2) is 0 Å². The Bertz CT molecular complexity index is 459. The van der Waals surface area contributed by atoms with Gasteiger partial charge in [0.2, 0.25) is 5.91 Å². The Morgan fingerprint density at radius 3 is 2.89 bits per heavy atom. The van der Waals surface area contributed by atoms with Crippen LogP contribution in [0.25, 0.3) is 0 Å². The molecule has 0 aliphatic carbocycles. The summed E-state index contributed by atoms with van der Waals surface area (Å²) in [6, 6.07) is 6.63. The van der Waals surface area contributed by atoms with Crippen LogP contribution in [-0.2, 0) is 4.79 Å². The summed E-state index contributed by atoms with van der Waals surface area (Å²) in [4.78, 5) is 14.0. The van der Waals surface area contributed by atoms with E-state index < -0.39 is 0 Å². The highest BCUT2D eigenvalue weighted by Crippen LogP contribution is 2.22. The van der Waals surface area contributed by atoms with Crippen molar-refractivity contribution in [2.24, 2.45) is 0 Å². The molecular formula is C15H23N3O. The fourth-order valence-electron chi connectivity index (χ4n) is 2.65. The third-order valence-corrected chi connectivity index (χ3v) is 3.58. The van der Waals surface area contributed by atoms with Gasteiger partial charge < -0.3 is 15.5 Å². The molecule has 0 spiro atoms. The number of nitrogens with one attached hydrogen (secondary N) is 2. The average molecular weight is 261 g/mol. The molecule has 19 heavy (non-hydrogen) atoms. The van der Waals surface area contributed by atoms with Crippen LogP contribution in [0, 0.1) is 13.8 Å². The Hall–Kier alpha value is -1.55. The topological polar surface area (TPSA) is 44.4 Å². The minimum Gasteiger partial charge on any atom is -0.360 e. The Balaban J connectivity index is 2.12. The lowest BCUT2D eigenvalue weighted by molar-refractivity contribution is -0.121. The fourth-order valence-corrected chi connectivity index (χ4v) is 2.65. The summed E-state index contributed by atoms with van der Waals surface area (Å²) in [6.07, 6.45) is 0.962. The monoisotopic (exact) mass is 261 g/mol. The summed E-state index contributed by atoms with van der Waals surface area (Å²) in [5.41, 5.74) is 3.67. The van der Waals surface area contributed by atoms with Gasteiger partial charge >= 0.3 is 0 Å². The first-order chi connectivity index (χ1) is 9.10. The van der Waals surface area contributed by atoms with Crippen LogP contribution in [0.4, 0.5) is 5.69 Å². The molecule has 0 aromatic heterocycles. The molecule has 1 fully saturated rings. The lowest BCUT2D eigenvalue weighted by Gasteiger charge is -2.35. The first-order valence-electron chi connectivity index (χ1n) is 6.86. The van der Waals surface area contributed by atoms with Gasteiger partial charge in [-0.05, 0) is 45.5 Å². The van der Waals surface area contributed by atoms with Crippen LogP contribution in [0.1, 0.15) is 17.5 Å². The summed E-state index contributed by atoms with van der Waals surface area (Å²) < 4.78 is 0. The van der Waals surface area contributed by atoms with E-state index in [4.69, 9.17) is 0 Å². The van der Waals surface area contributed by atoms with Crippen molar-refractivity contribution in [3.8, 4) is 0 Å². The molecule has 1 saturated heterocycles. The SMILES string of the molecule is CNCCC1CN(c2ccc(C)cc2C)CC(=O)N1. The third kappa shape index (κ3) is 3.47. The maximum absolute atomic E-state index is 11.8. The molecule has 1 aromatic rings. The molecule has 0 bridgehead atoms. The zero-order valence-corrected chi connectivity index (χ0v) is 12.0. The van der Waals surface area contributed by atoms with Gasteiger partial charge in [-0.3, -0.25) is 4.79 Å². The van der Waals surface area contributed by atoms with Gasteiger partial charge in [-0.15, -0.1) is 0 Å². The molecule has 1 amide bonds. The van der Waals surface area contributed by atoms with Gasteiger partial charge in [0.05, 0.1) is 6.54 Å². The lowest BCUT2D eigenvalue weighted by atomic mass is 10.1. The number of nitrogens with zero attached hydrogens (tertiary/aromatic N) is 1. The molecule has 2 N–H and O–H groups in total. The Labute approximate surface area is 115 Å². The van der Waals surface area contributed by atoms with Crippen molar-refractivity contribution in [2.75, 3.05) is 31.6 Å². The van der Waals surface area contributed by atoms with E-state index in [1.54, 1.807) is 0 Å². The highest BCUT2D eigenvalue weighted by molar-refractivity contribution is 5.83. The van der Waals surface area contributed by atoms with Crippen molar-refractivity contribution in [1.82, 2.24) is 10.6 Å². The summed E-state index contributed by atoms with van der Waals surface area (Å²) in [5.74, 6) is 0.118. The van der Waals surface area contributed by atoms with E-state index in [1.807, 2.05) is 7.05 Å². The number of piperazine rings is 1. The number of carbonyl (C=O) groups excluding carboxylic acids is 1. The number of rotatable bonds is 4. The van der Waals surface area contributed by atoms with Crippen molar-refractivity contribution in [3.63, 3.8) is 0 Å². The summed E-state index contributed by atoms with van der Waals surface area (Å²) in [7, 11) is 1.94. The molecule has 104 valence electrons. The van der Waals surface area contributed by atoms with E-state index in [9.17, 15) is 4.79 Å². The van der Waals surface area contributed by atoms with Crippen LogP contribution in [0.5, 0.6) is 0 Å². The number of carbonyl (C=O) groups is 1. The smallest absolute Gasteiger partial charge is 0.239 e. The van der Waals surface area contributed by atoms with Crippen LogP contribution in [0.15, 0.2) is 18.2 Å². The van der Waals surface area contributed by atoms with Crippen LogP contribution in [0.3, 0.4) is 0 Å². The standard InChI is InChI=1S/C15H23N3O/c1-11-4-5-14(12(2)8-11)18-9-13(6-7-16-3)17-15(19)10-18/h4-5,8,13,16H,6-7,9-10H2,1-3H3,(H,17,19). The van der Waals surface area contributed by atoms with Gasteiger partial charge in [-0.1, -0.05) is 17.7 Å². The van der Waals surface area contributed by atoms with Gasteiger partial charge in [0.25, 0.3) is 0 Å². The van der Waals surface area contributed by atoms with Crippen LogP contribution >= 0.6 is 0 Å². The largest absolute Gasteiger partial charge is 0.360 e. The van der Waals surface area contributed by atoms with Crippen molar-refractivity contribution in [1.29, 1.82) is 0 Å². The Morgan fingerprint density at radius 1 is 1.42 bits per heavy atom. The molecule has 2 rings (SSSR count). The zero-order valence-electron chi connectivity index (χ0n) is 12.0. The van der Waals surface area contributed by atoms with Crippen molar-refractivity contribution >= 4 is 11.6 Å². The summed E-state index contributed by atoms with van der Waals surface area (Å²) in [5, 5.41) is 6.19. The quantitative estimate of drug-likeness (QED) is 0.856. The van der Waals surface area contributed by atoms with E-state index in [2.05, 4.69) is 47.6 Å². The first-order valence-corrected chi connectivity index (χ1v) is 6.86. The summed E-state index contributed by atoms with van der Waals surface area (Å²) in [6.45, 7) is 6.47. The molecule has 1 aliphatic rings. The highest BCUT2D eigenvalue weighted by Gasteiger charge is 2.25. The Kier molecular flexibility index (Phi) is 4.43. The molecule has 0 saturated carbocycles. The van der Waals surface area contributed by atoms with Crippen LogP contribution < -0.4 is 15.5 Å². The molecule has 1 unspecified atom stereocenters. The normalized spacial score (nSPS) is 19.4. The second-order valence-corrected chi connectivity index (χ2v) is 5.33. The minimum atomic E-state index is 0.118. The van der Waals surface area contributed by atoms with Gasteiger partial charge in [0.1, 0.15) is 0 Å². The van der Waals surface area contributed by atoms with Gasteiger partial charge in [-0.2, -0.15) is 0 Å². The molecule has 4 heteroatoms. The molecule has 1 aliphatic heterocycles. The van der Waals surface area contributed by atoms with Crippen molar-refractivity contribution in [3.05, 3.63) is 29.3 Å². The number of hydrogen-bond donors (Lipinski definition) is 2. The van der Waals surface area contributed by atoms with Crippen LogP contribution in [-0.4, -0.2) is 38.6 Å². The van der Waals surface area contributed by atoms with E-state index in [1.165, 1.54) is 16.8 Å². The molecule has 4 nitrogen and oxygen atoms in total. The zero-order chi connectivity index (χ0) is 13.8. The van der Waals surface area contributed by atoms with Gasteiger partial charge in [0.15, 0.2) is 0 Å². The number of anilines is 1. The molecule has 1 aromatic carbocycles. The average Bonchev–Trinajstić information content (AvgIpc) is 2.35. The fraction of sp³-hybridized carbons (Fsp3) is 0.533. The Morgan fingerprint density at radius 2 is 2.21 bits per heavy atom. The second kappa shape index (κ2) is 6.06. The maximum atomic E-state index is 11.8. The van der Waals surface area contributed by atoms with Crippen molar-refractivity contribution in [2.45, 2.75) is 26.3 Å². The predicted molar refractivity (Wildman–Crippen MR) is 78.6 cm³/mol. The van der Waals surface area contributed by atoms with E-state index in [0.717, 1.165) is 19.5 Å². The number of amides is 1. The number of aryl methyl sites for hydroxylation is 2. The number of benzene rings is 1. The first kappa shape index (κ1) is 13.9. The second-order valence-electron chi connectivity index (χ2n) is 5.33. The third-order valence-electron chi connectivity index (χ3n) is 3.58. The minimum absolute atomic E-state index is 0.118. The molecule has 1 atom stereocenters. The van der Waals surface area contributed by atoms with Crippen molar-refractivity contribution < 1.29 is 4.79 Å². The molecule has 0 radical (unpaired) electrons.